The number of imide groups is 1. The molecule has 0 unspecified atom stereocenters. The quantitative estimate of drug-likeness (QED) is 0.0635. The van der Waals surface area contributed by atoms with Gasteiger partial charge in [0.15, 0.2) is 6.29 Å². The Morgan fingerprint density at radius 3 is 1.84 bits per heavy atom. The Morgan fingerprint density at radius 1 is 0.625 bits per heavy atom. The molecule has 0 spiro atoms. The predicted molar refractivity (Wildman–Crippen MR) is 224 cm³/mol. The number of carbonyl (C=O) groups excluding carboxylic acids is 2. The zero-order chi connectivity index (χ0) is 39.1. The van der Waals surface area contributed by atoms with Gasteiger partial charge in [0.25, 0.3) is 11.8 Å². The maximum absolute atomic E-state index is 13.1. The lowest BCUT2D eigenvalue weighted by Gasteiger charge is -2.38. The topological polar surface area (TPSA) is 79.3 Å². The molecule has 4 aromatic carbocycles. The van der Waals surface area contributed by atoms with Gasteiger partial charge in [-0.3, -0.25) is 14.5 Å². The SMILES string of the molecule is CCCCCCCCN(CCCCCCCC)C[C@@H]1C[C@H](c2ccc(CO)cc2)O[C@H](c2cccc(-c3cccc(CN4C(=O)c5ccccc5C4=O)c3)c2)O1. The van der Waals surface area contributed by atoms with Gasteiger partial charge in [-0.1, -0.05) is 151 Å². The van der Waals surface area contributed by atoms with E-state index in [0.717, 1.165) is 59.4 Å². The number of aliphatic hydroxyl groups excluding tert-OH is 1. The van der Waals surface area contributed by atoms with Crippen LogP contribution in [0.25, 0.3) is 11.1 Å². The molecule has 2 amide bonds. The molecule has 0 bridgehead atoms. The Balaban J connectivity index is 1.18. The van der Waals surface area contributed by atoms with Gasteiger partial charge >= 0.3 is 0 Å². The summed E-state index contributed by atoms with van der Waals surface area (Å²) in [6.07, 6.45) is 15.5. The maximum Gasteiger partial charge on any atom is 0.261 e. The fourth-order valence-corrected chi connectivity index (χ4v) is 8.13. The molecule has 7 heteroatoms. The largest absolute Gasteiger partial charge is 0.392 e. The molecule has 0 aromatic heterocycles. The summed E-state index contributed by atoms with van der Waals surface area (Å²) >= 11 is 0. The summed E-state index contributed by atoms with van der Waals surface area (Å²) < 4.78 is 13.7. The summed E-state index contributed by atoms with van der Waals surface area (Å²) in [6, 6.07) is 31.6. The van der Waals surface area contributed by atoms with Gasteiger partial charge in [-0.2, -0.15) is 0 Å². The molecule has 0 radical (unpaired) electrons. The summed E-state index contributed by atoms with van der Waals surface area (Å²) in [5.41, 5.74) is 6.74. The average Bonchev–Trinajstić information content (AvgIpc) is 3.47. The number of ether oxygens (including phenoxy) is 2. The highest BCUT2D eigenvalue weighted by Crippen LogP contribution is 2.39. The first-order valence-electron chi connectivity index (χ1n) is 21.3. The van der Waals surface area contributed by atoms with E-state index in [9.17, 15) is 14.7 Å². The van der Waals surface area contributed by atoms with Crippen LogP contribution in [0.2, 0.25) is 0 Å². The van der Waals surface area contributed by atoms with Crippen molar-refractivity contribution in [2.45, 2.75) is 129 Å². The lowest BCUT2D eigenvalue weighted by Crippen LogP contribution is -2.40. The van der Waals surface area contributed by atoms with Gasteiger partial charge < -0.3 is 19.5 Å². The van der Waals surface area contributed by atoms with Crippen LogP contribution in [0.3, 0.4) is 0 Å². The van der Waals surface area contributed by atoms with Crippen LogP contribution in [0.15, 0.2) is 97.1 Å². The molecule has 1 saturated heterocycles. The molecule has 2 heterocycles. The number of rotatable bonds is 22. The second-order valence-electron chi connectivity index (χ2n) is 15.8. The molecule has 298 valence electrons. The molecule has 3 atom stereocenters. The third-order valence-electron chi connectivity index (χ3n) is 11.4. The molecule has 2 aliphatic heterocycles. The van der Waals surface area contributed by atoms with Crippen molar-refractivity contribution in [3.63, 3.8) is 0 Å². The molecular formula is C49H62N2O5. The van der Waals surface area contributed by atoms with Gasteiger partial charge in [0.1, 0.15) is 0 Å². The van der Waals surface area contributed by atoms with Gasteiger partial charge in [-0.05, 0) is 78.0 Å². The van der Waals surface area contributed by atoms with Crippen molar-refractivity contribution in [2.24, 2.45) is 0 Å². The highest BCUT2D eigenvalue weighted by molar-refractivity contribution is 6.21. The van der Waals surface area contributed by atoms with Crippen LogP contribution in [0.5, 0.6) is 0 Å². The third kappa shape index (κ3) is 11.3. The van der Waals surface area contributed by atoms with Gasteiger partial charge in [-0.25, -0.2) is 0 Å². The first-order valence-corrected chi connectivity index (χ1v) is 21.3. The van der Waals surface area contributed by atoms with Gasteiger partial charge in [0.2, 0.25) is 0 Å². The molecule has 56 heavy (non-hydrogen) atoms. The van der Waals surface area contributed by atoms with E-state index in [4.69, 9.17) is 9.47 Å². The standard InChI is InChI=1S/C49H62N2O5/c1-3-5-7-9-11-15-29-50(30-16-12-10-8-6-4-2)35-43-33-46(39-27-25-37(36-52)26-28-39)56-49(55-43)42-22-18-21-41(32-42)40-20-17-19-38(31-40)34-51-47(53)44-23-13-14-24-45(44)48(51)54/h13-14,17-28,31-32,43,46,49,52H,3-12,15-16,29-30,33-36H2,1-2H3/t43-,46+,49+/m0/s1. The van der Waals surface area contributed by atoms with Crippen molar-refractivity contribution in [2.75, 3.05) is 19.6 Å². The lowest BCUT2D eigenvalue weighted by atomic mass is 9.98. The first-order chi connectivity index (χ1) is 27.5. The number of unbranched alkanes of at least 4 members (excludes halogenated alkanes) is 10. The van der Waals surface area contributed by atoms with E-state index in [1.807, 2.05) is 30.3 Å². The van der Waals surface area contributed by atoms with Crippen LogP contribution in [-0.4, -0.2) is 52.5 Å². The summed E-state index contributed by atoms with van der Waals surface area (Å²) in [6.45, 7) is 7.82. The van der Waals surface area contributed by atoms with E-state index >= 15 is 0 Å². The van der Waals surface area contributed by atoms with Crippen LogP contribution < -0.4 is 0 Å². The van der Waals surface area contributed by atoms with E-state index in [1.165, 1.54) is 81.9 Å². The predicted octanol–water partition coefficient (Wildman–Crippen LogP) is 11.2. The second-order valence-corrected chi connectivity index (χ2v) is 15.8. The number of benzene rings is 4. The number of carbonyl (C=O) groups is 2. The second kappa shape index (κ2) is 21.4. The minimum absolute atomic E-state index is 0.0110. The molecule has 6 rings (SSSR count). The van der Waals surface area contributed by atoms with E-state index in [2.05, 4.69) is 61.2 Å². The van der Waals surface area contributed by atoms with E-state index in [1.54, 1.807) is 24.3 Å². The van der Waals surface area contributed by atoms with Crippen LogP contribution >= 0.6 is 0 Å². The number of nitrogens with zero attached hydrogens (tertiary/aromatic N) is 2. The molecule has 0 aliphatic carbocycles. The molecule has 2 aliphatic rings. The summed E-state index contributed by atoms with van der Waals surface area (Å²) in [5.74, 6) is -0.505. The monoisotopic (exact) mass is 758 g/mol. The maximum atomic E-state index is 13.1. The van der Waals surface area contributed by atoms with E-state index in [0.29, 0.717) is 11.1 Å². The zero-order valence-electron chi connectivity index (χ0n) is 33.7. The Kier molecular flexibility index (Phi) is 15.9. The van der Waals surface area contributed by atoms with Crippen LogP contribution in [0.4, 0.5) is 0 Å². The van der Waals surface area contributed by atoms with E-state index in [-0.39, 0.29) is 37.2 Å². The number of aliphatic hydroxyl groups is 1. The van der Waals surface area contributed by atoms with Crippen molar-refractivity contribution >= 4 is 11.8 Å². The zero-order valence-corrected chi connectivity index (χ0v) is 33.7. The van der Waals surface area contributed by atoms with Crippen molar-refractivity contribution < 1.29 is 24.2 Å². The molecule has 1 fully saturated rings. The van der Waals surface area contributed by atoms with Crippen molar-refractivity contribution in [1.29, 1.82) is 0 Å². The average molecular weight is 759 g/mol. The molecule has 7 nitrogen and oxygen atoms in total. The number of fused-ring (bicyclic) bond motifs is 1. The minimum Gasteiger partial charge on any atom is -0.392 e. The Hall–Kier alpha value is -4.14. The van der Waals surface area contributed by atoms with Gasteiger partial charge in [-0.15, -0.1) is 0 Å². The number of amides is 2. The number of hydrogen-bond donors (Lipinski definition) is 1. The Morgan fingerprint density at radius 2 is 1.21 bits per heavy atom. The Bertz CT molecular complexity index is 1790. The first kappa shape index (κ1) is 41.5. The highest BCUT2D eigenvalue weighted by Gasteiger charge is 2.35. The normalized spacial score (nSPS) is 18.2. The van der Waals surface area contributed by atoms with Gasteiger partial charge in [0.05, 0.1) is 36.5 Å². The Labute approximate surface area is 335 Å². The smallest absolute Gasteiger partial charge is 0.261 e. The third-order valence-corrected chi connectivity index (χ3v) is 11.4. The number of hydrogen-bond acceptors (Lipinski definition) is 6. The molecule has 1 N–H and O–H groups in total. The van der Waals surface area contributed by atoms with Crippen LogP contribution in [0.1, 0.15) is 153 Å². The van der Waals surface area contributed by atoms with Crippen molar-refractivity contribution in [3.8, 4) is 11.1 Å². The van der Waals surface area contributed by atoms with Crippen molar-refractivity contribution in [1.82, 2.24) is 9.80 Å². The molecule has 4 aromatic rings. The summed E-state index contributed by atoms with van der Waals surface area (Å²) in [7, 11) is 0. The minimum atomic E-state index is -0.553. The summed E-state index contributed by atoms with van der Waals surface area (Å²) in [4.78, 5) is 30.2. The van der Waals surface area contributed by atoms with Crippen LogP contribution in [-0.2, 0) is 22.6 Å². The fraction of sp³-hybridized carbons (Fsp3) is 0.469. The van der Waals surface area contributed by atoms with Crippen LogP contribution in [0, 0.1) is 0 Å². The lowest BCUT2D eigenvalue weighted by molar-refractivity contribution is -0.253. The highest BCUT2D eigenvalue weighted by atomic mass is 16.7. The fourth-order valence-electron chi connectivity index (χ4n) is 8.13. The van der Waals surface area contributed by atoms with E-state index < -0.39 is 6.29 Å². The van der Waals surface area contributed by atoms with Gasteiger partial charge in [0, 0.05) is 18.5 Å². The summed E-state index contributed by atoms with van der Waals surface area (Å²) in [5, 5.41) is 9.71. The molecule has 0 saturated carbocycles. The molecular weight excluding hydrogens is 697 g/mol. The van der Waals surface area contributed by atoms with Crippen molar-refractivity contribution in [3.05, 3.63) is 130 Å².